The molecule has 6 heteroatoms. The molecule has 0 spiro atoms. The van der Waals surface area contributed by atoms with E-state index in [2.05, 4.69) is 20.7 Å². The molecule has 0 radical (unpaired) electrons. The van der Waals surface area contributed by atoms with Gasteiger partial charge in [0.05, 0.1) is 11.3 Å². The van der Waals surface area contributed by atoms with E-state index < -0.39 is 0 Å². The molecule has 0 aliphatic heterocycles. The SMILES string of the molecule is O=C(NCc1ccnc(-c2ccsc2)c1)c1ccc(OC2CCCC2)nc1. The van der Waals surface area contributed by atoms with Crippen LogP contribution in [0.3, 0.4) is 0 Å². The normalized spacial score (nSPS) is 14.2. The minimum absolute atomic E-state index is 0.149. The van der Waals surface area contributed by atoms with Gasteiger partial charge in [-0.3, -0.25) is 9.78 Å². The van der Waals surface area contributed by atoms with Crippen LogP contribution in [0.2, 0.25) is 0 Å². The van der Waals surface area contributed by atoms with Gasteiger partial charge in [-0.15, -0.1) is 0 Å². The second-order valence-corrected chi connectivity index (χ2v) is 7.43. The predicted octanol–water partition coefficient (Wildman–Crippen LogP) is 4.46. The molecule has 1 saturated carbocycles. The first-order chi connectivity index (χ1) is 13.3. The van der Waals surface area contributed by atoms with Gasteiger partial charge in [0.2, 0.25) is 5.88 Å². The maximum absolute atomic E-state index is 12.4. The Kier molecular flexibility index (Phi) is 5.44. The number of carbonyl (C=O) groups is 1. The fourth-order valence-electron chi connectivity index (χ4n) is 3.20. The van der Waals surface area contributed by atoms with E-state index in [9.17, 15) is 4.79 Å². The Morgan fingerprint density at radius 3 is 2.81 bits per heavy atom. The Morgan fingerprint density at radius 1 is 1.19 bits per heavy atom. The van der Waals surface area contributed by atoms with Crippen molar-refractivity contribution in [2.75, 3.05) is 0 Å². The zero-order valence-electron chi connectivity index (χ0n) is 14.9. The zero-order valence-corrected chi connectivity index (χ0v) is 15.7. The van der Waals surface area contributed by atoms with Crippen molar-refractivity contribution in [1.29, 1.82) is 0 Å². The summed E-state index contributed by atoms with van der Waals surface area (Å²) in [5.41, 5.74) is 3.54. The number of pyridine rings is 2. The molecule has 5 nitrogen and oxygen atoms in total. The highest BCUT2D eigenvalue weighted by atomic mass is 32.1. The molecule has 3 heterocycles. The van der Waals surface area contributed by atoms with E-state index in [0.29, 0.717) is 18.0 Å². The van der Waals surface area contributed by atoms with Crippen molar-refractivity contribution in [2.24, 2.45) is 0 Å². The van der Waals surface area contributed by atoms with Crippen molar-refractivity contribution < 1.29 is 9.53 Å². The van der Waals surface area contributed by atoms with Crippen LogP contribution < -0.4 is 10.1 Å². The molecular formula is C21H21N3O2S. The van der Waals surface area contributed by atoms with E-state index in [0.717, 1.165) is 29.7 Å². The topological polar surface area (TPSA) is 64.1 Å². The summed E-state index contributed by atoms with van der Waals surface area (Å²) in [5, 5.41) is 7.02. The van der Waals surface area contributed by atoms with Crippen LogP contribution in [-0.4, -0.2) is 22.0 Å². The average Bonchev–Trinajstić information content (AvgIpc) is 3.41. The molecule has 27 heavy (non-hydrogen) atoms. The van der Waals surface area contributed by atoms with E-state index in [1.807, 2.05) is 23.6 Å². The minimum Gasteiger partial charge on any atom is -0.474 e. The maximum Gasteiger partial charge on any atom is 0.253 e. The van der Waals surface area contributed by atoms with Crippen LogP contribution in [0.15, 0.2) is 53.5 Å². The van der Waals surface area contributed by atoms with E-state index in [-0.39, 0.29) is 12.0 Å². The van der Waals surface area contributed by atoms with Gasteiger partial charge in [0.1, 0.15) is 6.10 Å². The summed E-state index contributed by atoms with van der Waals surface area (Å²) in [5.74, 6) is 0.441. The molecular weight excluding hydrogens is 358 g/mol. The third-order valence-corrected chi connectivity index (χ3v) is 5.37. The molecule has 1 aliphatic carbocycles. The lowest BCUT2D eigenvalue weighted by Gasteiger charge is -2.12. The Hall–Kier alpha value is -2.73. The van der Waals surface area contributed by atoms with Crippen LogP contribution in [-0.2, 0) is 6.54 Å². The summed E-state index contributed by atoms with van der Waals surface area (Å²) in [4.78, 5) is 21.0. The number of hydrogen-bond acceptors (Lipinski definition) is 5. The fraction of sp³-hybridized carbons (Fsp3) is 0.286. The number of ether oxygens (including phenoxy) is 1. The van der Waals surface area contributed by atoms with Crippen LogP contribution in [0.25, 0.3) is 11.3 Å². The third-order valence-electron chi connectivity index (χ3n) is 4.68. The van der Waals surface area contributed by atoms with Crippen LogP contribution in [0.1, 0.15) is 41.6 Å². The number of rotatable bonds is 6. The molecule has 3 aromatic heterocycles. The molecule has 1 N–H and O–H groups in total. The Morgan fingerprint density at radius 2 is 2.07 bits per heavy atom. The van der Waals surface area contributed by atoms with Gasteiger partial charge in [0, 0.05) is 35.9 Å². The van der Waals surface area contributed by atoms with E-state index in [1.165, 1.54) is 12.8 Å². The third kappa shape index (κ3) is 4.52. The highest BCUT2D eigenvalue weighted by Crippen LogP contribution is 2.23. The van der Waals surface area contributed by atoms with Gasteiger partial charge >= 0.3 is 0 Å². The number of amides is 1. The van der Waals surface area contributed by atoms with Gasteiger partial charge < -0.3 is 10.1 Å². The molecule has 4 rings (SSSR count). The highest BCUT2D eigenvalue weighted by Gasteiger charge is 2.17. The molecule has 1 aliphatic rings. The summed E-state index contributed by atoms with van der Waals surface area (Å²) in [6.07, 6.45) is 8.21. The van der Waals surface area contributed by atoms with E-state index in [1.54, 1.807) is 35.9 Å². The first-order valence-corrected chi connectivity index (χ1v) is 10.1. The van der Waals surface area contributed by atoms with Crippen molar-refractivity contribution in [3.8, 4) is 17.1 Å². The van der Waals surface area contributed by atoms with Crippen molar-refractivity contribution in [3.63, 3.8) is 0 Å². The second-order valence-electron chi connectivity index (χ2n) is 6.65. The largest absolute Gasteiger partial charge is 0.474 e. The highest BCUT2D eigenvalue weighted by molar-refractivity contribution is 7.08. The predicted molar refractivity (Wildman–Crippen MR) is 106 cm³/mol. The lowest BCUT2D eigenvalue weighted by atomic mass is 10.1. The van der Waals surface area contributed by atoms with E-state index in [4.69, 9.17) is 4.74 Å². The number of carbonyl (C=O) groups excluding carboxylic acids is 1. The Labute approximate surface area is 162 Å². The zero-order chi connectivity index (χ0) is 18.5. The number of hydrogen-bond donors (Lipinski definition) is 1. The summed E-state index contributed by atoms with van der Waals surface area (Å²) in [6.45, 7) is 0.443. The molecule has 1 amide bonds. The van der Waals surface area contributed by atoms with Crippen molar-refractivity contribution in [1.82, 2.24) is 15.3 Å². The lowest BCUT2D eigenvalue weighted by molar-refractivity contribution is 0.0950. The van der Waals surface area contributed by atoms with Gasteiger partial charge in [-0.1, -0.05) is 0 Å². The Bertz CT molecular complexity index is 888. The summed E-state index contributed by atoms with van der Waals surface area (Å²) in [6, 6.07) is 9.48. The van der Waals surface area contributed by atoms with Crippen molar-refractivity contribution in [3.05, 3.63) is 64.6 Å². The van der Waals surface area contributed by atoms with Gasteiger partial charge in [-0.2, -0.15) is 11.3 Å². The second kappa shape index (κ2) is 8.31. The summed E-state index contributed by atoms with van der Waals surface area (Å²) < 4.78 is 5.84. The number of aromatic nitrogens is 2. The van der Waals surface area contributed by atoms with Crippen LogP contribution >= 0.6 is 11.3 Å². The Balaban J connectivity index is 1.34. The first kappa shape index (κ1) is 17.7. The minimum atomic E-state index is -0.149. The fourth-order valence-corrected chi connectivity index (χ4v) is 3.85. The van der Waals surface area contributed by atoms with Crippen LogP contribution in [0, 0.1) is 0 Å². The number of thiophene rings is 1. The van der Waals surface area contributed by atoms with Crippen molar-refractivity contribution in [2.45, 2.75) is 38.3 Å². The smallest absolute Gasteiger partial charge is 0.253 e. The van der Waals surface area contributed by atoms with Crippen LogP contribution in [0.4, 0.5) is 0 Å². The molecule has 0 aromatic carbocycles. The van der Waals surface area contributed by atoms with Gasteiger partial charge in [0.15, 0.2) is 0 Å². The summed E-state index contributed by atoms with van der Waals surface area (Å²) >= 11 is 1.64. The van der Waals surface area contributed by atoms with Gasteiger partial charge in [-0.25, -0.2) is 4.98 Å². The average molecular weight is 379 g/mol. The first-order valence-electron chi connectivity index (χ1n) is 9.16. The summed E-state index contributed by atoms with van der Waals surface area (Å²) in [7, 11) is 0. The maximum atomic E-state index is 12.4. The standard InChI is InChI=1S/C21H21N3O2S/c25-21(16-5-6-20(23-13-16)26-18-3-1-2-4-18)24-12-15-7-9-22-19(11-15)17-8-10-27-14-17/h5-11,13-14,18H,1-4,12H2,(H,24,25). The van der Waals surface area contributed by atoms with Crippen molar-refractivity contribution >= 4 is 17.2 Å². The molecule has 1 fully saturated rings. The van der Waals surface area contributed by atoms with Gasteiger partial charge in [0.25, 0.3) is 5.91 Å². The molecule has 0 bridgehead atoms. The molecule has 138 valence electrons. The quantitative estimate of drug-likeness (QED) is 0.687. The molecule has 0 atom stereocenters. The van der Waals surface area contributed by atoms with Crippen LogP contribution in [0.5, 0.6) is 5.88 Å². The van der Waals surface area contributed by atoms with Gasteiger partial charge in [-0.05, 0) is 60.9 Å². The monoisotopic (exact) mass is 379 g/mol. The molecule has 3 aromatic rings. The number of nitrogens with zero attached hydrogens (tertiary/aromatic N) is 2. The number of nitrogens with one attached hydrogen (secondary N) is 1. The molecule has 0 saturated heterocycles. The lowest BCUT2D eigenvalue weighted by Crippen LogP contribution is -2.23. The molecule has 0 unspecified atom stereocenters. The van der Waals surface area contributed by atoms with E-state index >= 15 is 0 Å².